The lowest BCUT2D eigenvalue weighted by atomic mass is 10.2. The molecule has 30 heavy (non-hydrogen) atoms. The molecule has 4 rings (SSSR count). The lowest BCUT2D eigenvalue weighted by Gasteiger charge is -2.25. The van der Waals surface area contributed by atoms with E-state index in [0.717, 1.165) is 17.1 Å². The van der Waals surface area contributed by atoms with Crippen LogP contribution < -0.4 is 5.32 Å². The predicted octanol–water partition coefficient (Wildman–Crippen LogP) is 1.58. The fraction of sp³-hybridized carbons (Fsp3) is 0.333. The van der Waals surface area contributed by atoms with Gasteiger partial charge in [-0.25, -0.2) is 9.48 Å². The Morgan fingerprint density at radius 2 is 2.03 bits per heavy atom. The number of amides is 3. The zero-order valence-electron chi connectivity index (χ0n) is 17.2. The van der Waals surface area contributed by atoms with E-state index in [4.69, 9.17) is 0 Å². The first-order valence-electron chi connectivity index (χ1n) is 9.94. The van der Waals surface area contributed by atoms with Crippen LogP contribution in [-0.4, -0.2) is 67.5 Å². The first kappa shape index (κ1) is 19.7. The topological polar surface area (TPSA) is 88.3 Å². The molecule has 0 bridgehead atoms. The smallest absolute Gasteiger partial charge is 0.317 e. The maximum atomic E-state index is 13.3. The minimum Gasteiger partial charge on any atom is -0.336 e. The van der Waals surface area contributed by atoms with E-state index in [0.29, 0.717) is 38.4 Å². The minimum atomic E-state index is -0.167. The summed E-state index contributed by atoms with van der Waals surface area (Å²) in [5, 5.41) is 11.6. The number of aryl methyl sites for hydroxylation is 2. The molecule has 1 aliphatic rings. The van der Waals surface area contributed by atoms with Gasteiger partial charge in [-0.05, 0) is 31.2 Å². The highest BCUT2D eigenvalue weighted by Crippen LogP contribution is 2.15. The normalized spacial score (nSPS) is 13.5. The molecule has 1 aliphatic heterocycles. The summed E-state index contributed by atoms with van der Waals surface area (Å²) in [5.41, 5.74) is 3.11. The van der Waals surface area contributed by atoms with Crippen molar-refractivity contribution in [3.63, 3.8) is 0 Å². The summed E-state index contributed by atoms with van der Waals surface area (Å²) in [7, 11) is 1.81. The quantitative estimate of drug-likeness (QED) is 0.644. The van der Waals surface area contributed by atoms with Crippen molar-refractivity contribution in [3.05, 3.63) is 65.7 Å². The highest BCUT2D eigenvalue weighted by atomic mass is 16.2. The number of rotatable bonds is 7. The van der Waals surface area contributed by atoms with Crippen LogP contribution in [0.4, 0.5) is 4.79 Å². The molecule has 9 heteroatoms. The fourth-order valence-corrected chi connectivity index (χ4v) is 3.49. The first-order chi connectivity index (χ1) is 14.5. The van der Waals surface area contributed by atoms with Gasteiger partial charge in [-0.2, -0.15) is 10.2 Å². The number of carbonyl (C=O) groups is 2. The summed E-state index contributed by atoms with van der Waals surface area (Å²) in [6.45, 7) is 4.41. The molecule has 0 saturated carbocycles. The Bertz CT molecular complexity index is 1020. The van der Waals surface area contributed by atoms with Gasteiger partial charge in [0.2, 0.25) is 0 Å². The Labute approximate surface area is 174 Å². The van der Waals surface area contributed by atoms with Crippen molar-refractivity contribution in [3.8, 4) is 5.69 Å². The number of hydrogen-bond acceptors (Lipinski definition) is 4. The first-order valence-corrected chi connectivity index (χ1v) is 9.94. The molecular formula is C21H25N7O2. The van der Waals surface area contributed by atoms with E-state index in [1.165, 1.54) is 0 Å². The molecule has 0 radical (unpaired) electrons. The molecule has 1 fully saturated rings. The average molecular weight is 407 g/mol. The molecule has 3 amide bonds. The molecule has 1 aromatic carbocycles. The van der Waals surface area contributed by atoms with Crippen LogP contribution in [0.15, 0.2) is 48.7 Å². The van der Waals surface area contributed by atoms with Crippen LogP contribution in [0, 0.1) is 6.92 Å². The number of para-hydroxylation sites is 1. The molecule has 156 valence electrons. The highest BCUT2D eigenvalue weighted by molar-refractivity contribution is 5.92. The molecule has 0 atom stereocenters. The number of nitrogens with zero attached hydrogens (tertiary/aromatic N) is 6. The van der Waals surface area contributed by atoms with E-state index in [1.54, 1.807) is 26.7 Å². The Morgan fingerprint density at radius 1 is 1.23 bits per heavy atom. The third kappa shape index (κ3) is 4.05. The monoisotopic (exact) mass is 407 g/mol. The highest BCUT2D eigenvalue weighted by Gasteiger charge is 2.24. The van der Waals surface area contributed by atoms with Crippen molar-refractivity contribution < 1.29 is 9.59 Å². The van der Waals surface area contributed by atoms with Gasteiger partial charge in [-0.1, -0.05) is 18.2 Å². The van der Waals surface area contributed by atoms with Crippen LogP contribution in [-0.2, 0) is 13.6 Å². The van der Waals surface area contributed by atoms with Crippen molar-refractivity contribution in [2.75, 3.05) is 26.2 Å². The van der Waals surface area contributed by atoms with Gasteiger partial charge >= 0.3 is 6.03 Å². The fourth-order valence-electron chi connectivity index (χ4n) is 3.49. The van der Waals surface area contributed by atoms with Gasteiger partial charge in [0, 0.05) is 45.1 Å². The largest absolute Gasteiger partial charge is 0.336 e. The van der Waals surface area contributed by atoms with Gasteiger partial charge < -0.3 is 15.1 Å². The van der Waals surface area contributed by atoms with Gasteiger partial charge in [-0.15, -0.1) is 0 Å². The molecule has 9 nitrogen and oxygen atoms in total. The number of urea groups is 1. The van der Waals surface area contributed by atoms with E-state index in [9.17, 15) is 9.59 Å². The molecular weight excluding hydrogens is 382 g/mol. The van der Waals surface area contributed by atoms with E-state index in [2.05, 4.69) is 15.5 Å². The van der Waals surface area contributed by atoms with E-state index < -0.39 is 0 Å². The lowest BCUT2D eigenvalue weighted by molar-refractivity contribution is 0.0721. The zero-order valence-corrected chi connectivity index (χ0v) is 17.2. The second-order valence-electron chi connectivity index (χ2n) is 7.31. The third-order valence-electron chi connectivity index (χ3n) is 5.28. The molecule has 3 aromatic rings. The standard InChI is InChI=1S/C21H25N7O2/c1-16-14-19(24-25(16)2)20(29)27(13-12-26-11-10-22-21(26)30)15-18-8-9-23-28(18)17-6-4-3-5-7-17/h3-9,14H,10-13,15H2,1-2H3,(H,22,30). The molecule has 0 unspecified atom stereocenters. The zero-order chi connectivity index (χ0) is 21.1. The molecule has 2 aromatic heterocycles. The molecule has 0 spiro atoms. The SMILES string of the molecule is Cc1cc(C(=O)N(CCN2CCNC2=O)Cc2ccnn2-c2ccccc2)nn1C. The predicted molar refractivity (Wildman–Crippen MR) is 111 cm³/mol. The maximum Gasteiger partial charge on any atom is 0.317 e. The maximum absolute atomic E-state index is 13.3. The van der Waals surface area contributed by atoms with Gasteiger partial charge in [0.1, 0.15) is 0 Å². The number of hydrogen-bond donors (Lipinski definition) is 1. The number of nitrogens with one attached hydrogen (secondary N) is 1. The van der Waals surface area contributed by atoms with Crippen LogP contribution in [0.1, 0.15) is 21.9 Å². The van der Waals surface area contributed by atoms with Crippen LogP contribution in [0.2, 0.25) is 0 Å². The molecule has 1 saturated heterocycles. The number of benzene rings is 1. The number of carbonyl (C=O) groups excluding carboxylic acids is 2. The van der Waals surface area contributed by atoms with Crippen molar-refractivity contribution in [2.24, 2.45) is 7.05 Å². The van der Waals surface area contributed by atoms with Crippen LogP contribution in [0.3, 0.4) is 0 Å². The summed E-state index contributed by atoms with van der Waals surface area (Å²) < 4.78 is 3.51. The Hall–Kier alpha value is -3.62. The Morgan fingerprint density at radius 3 is 2.70 bits per heavy atom. The third-order valence-corrected chi connectivity index (χ3v) is 5.28. The summed E-state index contributed by atoms with van der Waals surface area (Å²) in [5.74, 6) is -0.167. The van der Waals surface area contributed by atoms with E-state index >= 15 is 0 Å². The molecule has 0 aliphatic carbocycles. The van der Waals surface area contributed by atoms with Crippen LogP contribution >= 0.6 is 0 Å². The Balaban J connectivity index is 1.58. The molecule has 3 heterocycles. The summed E-state index contributed by atoms with van der Waals surface area (Å²) in [4.78, 5) is 28.6. The van der Waals surface area contributed by atoms with E-state index in [-0.39, 0.29) is 11.9 Å². The van der Waals surface area contributed by atoms with Crippen LogP contribution in [0.25, 0.3) is 5.69 Å². The minimum absolute atomic E-state index is 0.0922. The molecule has 1 N–H and O–H groups in total. The van der Waals surface area contributed by atoms with E-state index in [1.807, 2.05) is 55.1 Å². The van der Waals surface area contributed by atoms with Crippen molar-refractivity contribution in [1.82, 2.24) is 34.7 Å². The second-order valence-corrected chi connectivity index (χ2v) is 7.31. The summed E-state index contributed by atoms with van der Waals surface area (Å²) in [6.07, 6.45) is 1.73. The lowest BCUT2D eigenvalue weighted by Crippen LogP contribution is -2.40. The van der Waals surface area contributed by atoms with Crippen molar-refractivity contribution in [1.29, 1.82) is 0 Å². The van der Waals surface area contributed by atoms with Gasteiger partial charge in [0.25, 0.3) is 5.91 Å². The van der Waals surface area contributed by atoms with Crippen molar-refractivity contribution in [2.45, 2.75) is 13.5 Å². The Kier molecular flexibility index (Phi) is 5.51. The average Bonchev–Trinajstić information content (AvgIpc) is 3.46. The van der Waals surface area contributed by atoms with Gasteiger partial charge in [0.05, 0.1) is 17.9 Å². The van der Waals surface area contributed by atoms with Crippen LogP contribution in [0.5, 0.6) is 0 Å². The summed E-state index contributed by atoms with van der Waals surface area (Å²) >= 11 is 0. The van der Waals surface area contributed by atoms with Gasteiger partial charge in [-0.3, -0.25) is 9.48 Å². The van der Waals surface area contributed by atoms with Gasteiger partial charge in [0.15, 0.2) is 5.69 Å². The number of aromatic nitrogens is 4. The summed E-state index contributed by atoms with van der Waals surface area (Å²) in [6, 6.07) is 13.4. The second kappa shape index (κ2) is 8.40. The van der Waals surface area contributed by atoms with Crippen molar-refractivity contribution >= 4 is 11.9 Å².